The van der Waals surface area contributed by atoms with E-state index in [2.05, 4.69) is 55.6 Å². The molecule has 1 saturated heterocycles. The lowest BCUT2D eigenvalue weighted by Crippen LogP contribution is -2.60. The number of carbonyl (C=O) groups excluding carboxylic acids is 2. The monoisotopic (exact) mass is 1370 g/mol. The molecule has 0 spiro atoms. The molecule has 11 nitrogen and oxygen atoms in total. The summed E-state index contributed by atoms with van der Waals surface area (Å²) < 4.78 is 16.8. The summed E-state index contributed by atoms with van der Waals surface area (Å²) in [4.78, 5) is 25.2. The third kappa shape index (κ3) is 63.1. The molecule has 0 saturated carbocycles. The molecular formula is C86H161NO10. The second-order valence-electron chi connectivity index (χ2n) is 29.5. The predicted octanol–water partition coefficient (Wildman–Crippen LogP) is 23.4. The zero-order valence-electron chi connectivity index (χ0n) is 63.8. The van der Waals surface area contributed by atoms with Crippen molar-refractivity contribution in [2.45, 2.75) is 468 Å². The average Bonchev–Trinajstić information content (AvgIpc) is 0.874. The van der Waals surface area contributed by atoms with Crippen molar-refractivity contribution in [2.75, 3.05) is 19.8 Å². The molecule has 0 radical (unpaired) electrons. The second-order valence-corrected chi connectivity index (χ2v) is 29.5. The first kappa shape index (κ1) is 92.6. The summed E-state index contributed by atoms with van der Waals surface area (Å²) >= 11 is 0. The fraction of sp³-hybridized carbons (Fsp3) is 0.884. The lowest BCUT2D eigenvalue weighted by molar-refractivity contribution is -0.302. The van der Waals surface area contributed by atoms with Gasteiger partial charge in [0.15, 0.2) is 6.29 Å². The third-order valence-electron chi connectivity index (χ3n) is 20.2. The average molecular weight is 1370 g/mol. The third-order valence-corrected chi connectivity index (χ3v) is 20.2. The van der Waals surface area contributed by atoms with Gasteiger partial charge in [0.2, 0.25) is 5.91 Å². The van der Waals surface area contributed by atoms with Crippen LogP contribution in [0.3, 0.4) is 0 Å². The summed E-state index contributed by atoms with van der Waals surface area (Å²) in [6.07, 6.45) is 90.2. The standard InChI is InChI=1S/C86H161NO10/c1-3-5-7-9-11-13-15-17-18-19-44-47-50-54-58-62-66-70-74-82(91)95-75-71-67-63-59-55-51-48-45-42-40-38-36-34-32-30-28-26-24-22-20-21-23-25-27-29-31-33-35-37-39-41-43-46-49-53-57-61-65-69-73-81(90)87-78(77-96-86-85(94)84(93)83(92)80(76-88)97-86)79(89)72-68-64-60-56-52-16-14-12-10-8-6-4-2/h13,15,18-21,68,72,78-80,83-86,88-89,92-94H,3-12,14,16-17,22-67,69-71,73-77H2,1-2H3,(H,87,90)/b15-13-,19-18-,21-20-,72-68+. The zero-order chi connectivity index (χ0) is 70.1. The molecule has 97 heavy (non-hydrogen) atoms. The molecule has 0 aromatic carbocycles. The van der Waals surface area contributed by atoms with Gasteiger partial charge < -0.3 is 45.1 Å². The Labute approximate surface area is 599 Å². The largest absolute Gasteiger partial charge is 0.466 e. The summed E-state index contributed by atoms with van der Waals surface area (Å²) in [5.41, 5.74) is 0. The van der Waals surface area contributed by atoms with Crippen LogP contribution in [0.1, 0.15) is 425 Å². The van der Waals surface area contributed by atoms with Crippen LogP contribution in [0.5, 0.6) is 0 Å². The van der Waals surface area contributed by atoms with Gasteiger partial charge in [0.1, 0.15) is 24.4 Å². The van der Waals surface area contributed by atoms with E-state index in [4.69, 9.17) is 14.2 Å². The molecule has 6 N–H and O–H groups in total. The molecule has 7 atom stereocenters. The Bertz CT molecular complexity index is 1750. The van der Waals surface area contributed by atoms with Crippen molar-refractivity contribution < 1.29 is 49.3 Å². The maximum atomic E-state index is 13.1. The van der Waals surface area contributed by atoms with Gasteiger partial charge in [-0.1, -0.05) is 371 Å². The molecular weight excluding hydrogens is 1210 g/mol. The fourth-order valence-electron chi connectivity index (χ4n) is 13.5. The Morgan fingerprint density at radius 1 is 0.381 bits per heavy atom. The van der Waals surface area contributed by atoms with Crippen LogP contribution in [0.4, 0.5) is 0 Å². The summed E-state index contributed by atoms with van der Waals surface area (Å²) in [5.74, 6) is -0.165. The number of amides is 1. The first-order chi connectivity index (χ1) is 47.7. The number of esters is 1. The van der Waals surface area contributed by atoms with Gasteiger partial charge in [0, 0.05) is 12.8 Å². The molecule has 1 aliphatic rings. The van der Waals surface area contributed by atoms with Crippen molar-refractivity contribution in [3.63, 3.8) is 0 Å². The molecule has 0 aromatic rings. The number of hydrogen-bond donors (Lipinski definition) is 6. The van der Waals surface area contributed by atoms with Crippen molar-refractivity contribution in [2.24, 2.45) is 0 Å². The molecule has 1 heterocycles. The van der Waals surface area contributed by atoms with Crippen LogP contribution in [0.25, 0.3) is 0 Å². The van der Waals surface area contributed by atoms with Crippen LogP contribution in [0, 0.1) is 0 Å². The van der Waals surface area contributed by atoms with E-state index in [-0.39, 0.29) is 18.5 Å². The quantitative estimate of drug-likeness (QED) is 0.0195. The number of allylic oxidation sites excluding steroid dienone is 7. The SMILES string of the molecule is CCCCCC/C=C\C/C=C\CCCCCCCCCC(=O)OCCCCCCCCCCCCCCCCCCCC/C=C\CCCCCCCCCCCCCCCCCCCC(=O)NC(COC1OC(CO)C(O)C(O)C1O)C(O)/C=C/CCCCCCCCCCCC. The predicted molar refractivity (Wildman–Crippen MR) is 412 cm³/mol. The first-order valence-electron chi connectivity index (χ1n) is 42.4. The van der Waals surface area contributed by atoms with E-state index in [0.717, 1.165) is 64.2 Å². The lowest BCUT2D eigenvalue weighted by Gasteiger charge is -2.40. The summed E-state index contributed by atoms with van der Waals surface area (Å²) in [5, 5.41) is 54.6. The van der Waals surface area contributed by atoms with E-state index in [0.29, 0.717) is 19.4 Å². The van der Waals surface area contributed by atoms with E-state index in [1.54, 1.807) is 6.08 Å². The van der Waals surface area contributed by atoms with Gasteiger partial charge in [-0.05, 0) is 89.9 Å². The molecule has 1 fully saturated rings. The van der Waals surface area contributed by atoms with E-state index in [1.807, 2.05) is 6.08 Å². The van der Waals surface area contributed by atoms with Crippen LogP contribution in [-0.2, 0) is 23.8 Å². The van der Waals surface area contributed by atoms with Gasteiger partial charge in [0.25, 0.3) is 0 Å². The summed E-state index contributed by atoms with van der Waals surface area (Å²) in [7, 11) is 0. The lowest BCUT2D eigenvalue weighted by atomic mass is 9.99. The molecule has 0 aromatic heterocycles. The highest BCUT2D eigenvalue weighted by Crippen LogP contribution is 2.24. The minimum Gasteiger partial charge on any atom is -0.466 e. The highest BCUT2D eigenvalue weighted by atomic mass is 16.7. The molecule has 0 aliphatic carbocycles. The van der Waals surface area contributed by atoms with Crippen LogP contribution < -0.4 is 5.32 Å². The number of hydrogen-bond acceptors (Lipinski definition) is 10. The summed E-state index contributed by atoms with van der Waals surface area (Å²) in [6.45, 7) is 4.37. The second kappa shape index (κ2) is 74.8. The number of ether oxygens (including phenoxy) is 3. The van der Waals surface area contributed by atoms with Gasteiger partial charge in [0.05, 0.1) is 32.0 Å². The van der Waals surface area contributed by atoms with E-state index in [1.165, 1.54) is 334 Å². The Kier molecular flexibility index (Phi) is 71.4. The highest BCUT2D eigenvalue weighted by molar-refractivity contribution is 5.76. The van der Waals surface area contributed by atoms with E-state index in [9.17, 15) is 35.1 Å². The van der Waals surface area contributed by atoms with Crippen molar-refractivity contribution >= 4 is 11.9 Å². The Hall–Kier alpha value is -2.38. The van der Waals surface area contributed by atoms with Crippen molar-refractivity contribution in [1.82, 2.24) is 5.32 Å². The van der Waals surface area contributed by atoms with E-state index < -0.39 is 49.5 Å². The fourth-order valence-corrected chi connectivity index (χ4v) is 13.5. The van der Waals surface area contributed by atoms with Crippen molar-refractivity contribution in [3.05, 3.63) is 48.6 Å². The molecule has 1 amide bonds. The van der Waals surface area contributed by atoms with Gasteiger partial charge in [-0.2, -0.15) is 0 Å². The van der Waals surface area contributed by atoms with Crippen molar-refractivity contribution in [1.29, 1.82) is 0 Å². The van der Waals surface area contributed by atoms with Crippen LogP contribution in [0.2, 0.25) is 0 Å². The Balaban J connectivity index is 1.86. The van der Waals surface area contributed by atoms with Gasteiger partial charge in [-0.15, -0.1) is 0 Å². The molecule has 11 heteroatoms. The maximum Gasteiger partial charge on any atom is 0.305 e. The summed E-state index contributed by atoms with van der Waals surface area (Å²) in [6, 6.07) is -0.807. The maximum absolute atomic E-state index is 13.1. The molecule has 570 valence electrons. The number of nitrogens with one attached hydrogen (secondary N) is 1. The minimum atomic E-state index is -1.57. The number of aliphatic hydroxyl groups is 5. The Morgan fingerprint density at radius 3 is 1.06 bits per heavy atom. The smallest absolute Gasteiger partial charge is 0.305 e. The molecule has 1 aliphatic heterocycles. The molecule has 1 rings (SSSR count). The van der Waals surface area contributed by atoms with Crippen LogP contribution >= 0.6 is 0 Å². The first-order valence-corrected chi connectivity index (χ1v) is 42.4. The van der Waals surface area contributed by atoms with Crippen molar-refractivity contribution in [3.8, 4) is 0 Å². The van der Waals surface area contributed by atoms with Gasteiger partial charge in [-0.3, -0.25) is 9.59 Å². The van der Waals surface area contributed by atoms with E-state index >= 15 is 0 Å². The van der Waals surface area contributed by atoms with Gasteiger partial charge >= 0.3 is 5.97 Å². The number of unbranched alkanes of at least 4 members (excludes halogenated alkanes) is 56. The topological polar surface area (TPSA) is 175 Å². The number of aliphatic hydroxyl groups excluding tert-OH is 5. The van der Waals surface area contributed by atoms with Gasteiger partial charge in [-0.25, -0.2) is 0 Å². The minimum absolute atomic E-state index is 0.00993. The van der Waals surface area contributed by atoms with Crippen LogP contribution in [0.15, 0.2) is 48.6 Å². The molecule has 0 bridgehead atoms. The number of rotatable bonds is 76. The highest BCUT2D eigenvalue weighted by Gasteiger charge is 2.44. The zero-order valence-corrected chi connectivity index (χ0v) is 63.8. The molecule has 7 unspecified atom stereocenters. The van der Waals surface area contributed by atoms with Crippen LogP contribution in [-0.4, -0.2) is 100 Å². The Morgan fingerprint density at radius 2 is 0.691 bits per heavy atom. The normalized spacial score (nSPS) is 17.5. The number of carbonyl (C=O) groups is 2.